The number of carboxylic acid groups (broad SMARTS) is 1. The molecule has 0 aliphatic heterocycles. The molecule has 0 saturated heterocycles. The lowest BCUT2D eigenvalue weighted by Gasteiger charge is -2.09. The highest BCUT2D eigenvalue weighted by Gasteiger charge is 2.11. The quantitative estimate of drug-likeness (QED) is 0.823. The number of aliphatic hydroxyl groups is 1. The first-order valence-electron chi connectivity index (χ1n) is 3.87. The van der Waals surface area contributed by atoms with Gasteiger partial charge in [-0.05, 0) is 6.42 Å². The Labute approximate surface area is 98.3 Å². The summed E-state index contributed by atoms with van der Waals surface area (Å²) >= 11 is 16.4. The Hall–Kier alpha value is 0.0400. The first kappa shape index (κ1) is 16.5. The molecule has 2 N–H and O–H groups in total. The van der Waals surface area contributed by atoms with Crippen molar-refractivity contribution in [1.82, 2.24) is 0 Å². The Bertz CT molecular complexity index is 192. The van der Waals surface area contributed by atoms with Gasteiger partial charge >= 0.3 is 0 Å². The van der Waals surface area contributed by atoms with Crippen LogP contribution in [0.4, 0.5) is 0 Å². The minimum Gasteiger partial charge on any atom is -0.481 e. The first-order chi connectivity index (χ1) is 6.36. The molecular weight excluding hydrogens is 250 g/mol. The average molecular weight is 264 g/mol. The maximum atomic E-state index is 9.00. The Kier molecular flexibility index (Phi) is 11.3. The van der Waals surface area contributed by atoms with Crippen molar-refractivity contribution in [3.63, 3.8) is 0 Å². The van der Waals surface area contributed by atoms with Crippen molar-refractivity contribution < 1.29 is 15.0 Å². The second kappa shape index (κ2) is 9.59. The molecule has 0 aromatic rings. The number of aliphatic hydroxyl groups excluding tert-OH is 1. The molecule has 3 nitrogen and oxygen atoms in total. The van der Waals surface area contributed by atoms with Gasteiger partial charge in [-0.1, -0.05) is 41.7 Å². The highest BCUT2D eigenvalue weighted by atomic mass is 35.5. The van der Waals surface area contributed by atoms with Gasteiger partial charge in [0.2, 0.25) is 0 Å². The lowest BCUT2D eigenvalue weighted by atomic mass is 10.1. The van der Waals surface area contributed by atoms with Crippen LogP contribution in [0.1, 0.15) is 20.3 Å². The van der Waals surface area contributed by atoms with E-state index in [4.69, 9.17) is 49.8 Å². The summed E-state index contributed by atoms with van der Waals surface area (Å²) in [5.74, 6) is -0.952. The van der Waals surface area contributed by atoms with Crippen LogP contribution in [0.3, 0.4) is 0 Å². The van der Waals surface area contributed by atoms with Crippen molar-refractivity contribution in [2.24, 2.45) is 5.92 Å². The topological polar surface area (TPSA) is 57.5 Å². The number of halogens is 3. The molecule has 0 heterocycles. The van der Waals surface area contributed by atoms with Crippen LogP contribution < -0.4 is 0 Å². The molecule has 14 heavy (non-hydrogen) atoms. The van der Waals surface area contributed by atoms with E-state index in [0.29, 0.717) is 5.03 Å². The lowest BCUT2D eigenvalue weighted by Crippen LogP contribution is -2.04. The number of carbonyl (C=O) groups is 1. The fourth-order valence-corrected chi connectivity index (χ4v) is 1.07. The van der Waals surface area contributed by atoms with E-state index >= 15 is 0 Å². The van der Waals surface area contributed by atoms with Crippen LogP contribution in [0, 0.1) is 5.92 Å². The molecule has 1 atom stereocenters. The predicted molar refractivity (Wildman–Crippen MR) is 58.8 cm³/mol. The summed E-state index contributed by atoms with van der Waals surface area (Å²) in [6.07, 6.45) is 0.734. The zero-order valence-electron chi connectivity index (χ0n) is 7.93. The lowest BCUT2D eigenvalue weighted by molar-refractivity contribution is -0.134. The van der Waals surface area contributed by atoms with Crippen molar-refractivity contribution in [2.75, 3.05) is 6.61 Å². The predicted octanol–water partition coefficient (Wildman–Crippen LogP) is 2.98. The van der Waals surface area contributed by atoms with Crippen LogP contribution >= 0.6 is 34.8 Å². The molecule has 0 aliphatic rings. The Morgan fingerprint density at radius 1 is 1.36 bits per heavy atom. The number of rotatable bonds is 3. The van der Waals surface area contributed by atoms with E-state index in [2.05, 4.69) is 0 Å². The molecule has 0 aliphatic carbocycles. The maximum absolute atomic E-state index is 9.00. The van der Waals surface area contributed by atoms with Gasteiger partial charge in [0, 0.05) is 12.8 Å². The number of hydrogen-bond acceptors (Lipinski definition) is 2. The second-order valence-corrected chi connectivity index (χ2v) is 3.77. The van der Waals surface area contributed by atoms with Gasteiger partial charge < -0.3 is 10.2 Å². The molecule has 0 spiro atoms. The van der Waals surface area contributed by atoms with Crippen LogP contribution in [0.2, 0.25) is 0 Å². The molecule has 84 valence electrons. The molecular formula is C8H13Cl3O3. The van der Waals surface area contributed by atoms with Gasteiger partial charge in [-0.3, -0.25) is 4.79 Å². The highest BCUT2D eigenvalue weighted by Crippen LogP contribution is 2.26. The SMILES string of the molecule is CC(=O)O.CCC(CO)C(Cl)=C(Cl)Cl. The van der Waals surface area contributed by atoms with Crippen molar-refractivity contribution in [3.05, 3.63) is 9.52 Å². The van der Waals surface area contributed by atoms with E-state index in [9.17, 15) is 0 Å². The molecule has 0 saturated carbocycles. The number of aliphatic carboxylic acids is 1. The fourth-order valence-electron chi connectivity index (χ4n) is 0.543. The second-order valence-electron chi connectivity index (χ2n) is 2.42. The van der Waals surface area contributed by atoms with Crippen LogP contribution in [-0.2, 0) is 4.79 Å². The van der Waals surface area contributed by atoms with E-state index in [1.807, 2.05) is 6.92 Å². The zero-order valence-corrected chi connectivity index (χ0v) is 10.2. The summed E-state index contributed by atoms with van der Waals surface area (Å²) in [4.78, 5) is 9.00. The highest BCUT2D eigenvalue weighted by molar-refractivity contribution is 6.59. The van der Waals surface area contributed by atoms with Gasteiger partial charge in [-0.25, -0.2) is 0 Å². The molecule has 0 fully saturated rings. The third-order valence-corrected chi connectivity index (χ3v) is 2.35. The normalized spacial score (nSPS) is 11.0. The molecule has 6 heteroatoms. The van der Waals surface area contributed by atoms with Crippen molar-refractivity contribution in [2.45, 2.75) is 20.3 Å². The van der Waals surface area contributed by atoms with Gasteiger partial charge in [0.15, 0.2) is 0 Å². The third kappa shape index (κ3) is 10.1. The zero-order chi connectivity index (χ0) is 11.7. The summed E-state index contributed by atoms with van der Waals surface area (Å²) in [5, 5.41) is 16.5. The van der Waals surface area contributed by atoms with E-state index in [-0.39, 0.29) is 17.0 Å². The van der Waals surface area contributed by atoms with Gasteiger partial charge in [-0.2, -0.15) is 0 Å². The largest absolute Gasteiger partial charge is 0.481 e. The minimum atomic E-state index is -0.833. The van der Waals surface area contributed by atoms with Crippen molar-refractivity contribution in [1.29, 1.82) is 0 Å². The molecule has 0 aromatic heterocycles. The van der Waals surface area contributed by atoms with Crippen LogP contribution in [0.5, 0.6) is 0 Å². The summed E-state index contributed by atoms with van der Waals surface area (Å²) in [7, 11) is 0. The van der Waals surface area contributed by atoms with Crippen LogP contribution in [0.25, 0.3) is 0 Å². The van der Waals surface area contributed by atoms with Gasteiger partial charge in [0.25, 0.3) is 5.97 Å². The summed E-state index contributed by atoms with van der Waals surface area (Å²) in [5.41, 5.74) is 0. The molecule has 0 radical (unpaired) electrons. The molecule has 1 unspecified atom stereocenters. The fraction of sp³-hybridized carbons (Fsp3) is 0.625. The number of carboxylic acids is 1. The Morgan fingerprint density at radius 2 is 1.71 bits per heavy atom. The van der Waals surface area contributed by atoms with Crippen molar-refractivity contribution in [3.8, 4) is 0 Å². The van der Waals surface area contributed by atoms with Gasteiger partial charge in [0.1, 0.15) is 4.49 Å². The maximum Gasteiger partial charge on any atom is 0.300 e. The van der Waals surface area contributed by atoms with Crippen LogP contribution in [0.15, 0.2) is 9.52 Å². The van der Waals surface area contributed by atoms with Gasteiger partial charge in [-0.15, -0.1) is 0 Å². The monoisotopic (exact) mass is 262 g/mol. The van der Waals surface area contributed by atoms with E-state index in [0.717, 1.165) is 13.3 Å². The smallest absolute Gasteiger partial charge is 0.300 e. The van der Waals surface area contributed by atoms with E-state index < -0.39 is 5.97 Å². The number of hydrogen-bond donors (Lipinski definition) is 2. The molecule has 0 aromatic carbocycles. The molecule has 0 amide bonds. The third-order valence-electron chi connectivity index (χ3n) is 1.25. The van der Waals surface area contributed by atoms with Gasteiger partial charge in [0.05, 0.1) is 11.6 Å². The average Bonchev–Trinajstić information content (AvgIpc) is 2.05. The van der Waals surface area contributed by atoms with E-state index in [1.165, 1.54) is 0 Å². The standard InChI is InChI=1S/C6H9Cl3O.C2H4O2/c1-2-4(3-10)5(7)6(8)9;1-2(3)4/h4,10H,2-3H2,1H3;1H3,(H,3,4). The molecule has 0 bridgehead atoms. The molecule has 0 rings (SSSR count). The van der Waals surface area contributed by atoms with E-state index in [1.54, 1.807) is 0 Å². The van der Waals surface area contributed by atoms with Crippen molar-refractivity contribution >= 4 is 40.8 Å². The Balaban J connectivity index is 0. The van der Waals surface area contributed by atoms with Crippen LogP contribution in [-0.4, -0.2) is 22.8 Å². The summed E-state index contributed by atoms with van der Waals surface area (Å²) < 4.78 is 0.0440. The summed E-state index contributed by atoms with van der Waals surface area (Å²) in [6.45, 7) is 2.97. The Morgan fingerprint density at radius 3 is 1.79 bits per heavy atom. The first-order valence-corrected chi connectivity index (χ1v) is 5.01. The summed E-state index contributed by atoms with van der Waals surface area (Å²) in [6, 6.07) is 0. The minimum absolute atomic E-state index is 0.0156.